The van der Waals surface area contributed by atoms with Crippen LogP contribution in [-0.4, -0.2) is 23.1 Å². The van der Waals surface area contributed by atoms with Crippen molar-refractivity contribution in [3.63, 3.8) is 0 Å². The first-order valence-corrected chi connectivity index (χ1v) is 11.0. The summed E-state index contributed by atoms with van der Waals surface area (Å²) >= 11 is 1.65. The van der Waals surface area contributed by atoms with Gasteiger partial charge in [0.25, 0.3) is 0 Å². The lowest BCUT2D eigenvalue weighted by Crippen LogP contribution is -2.43. The molecular weight excluding hydrogens is 412 g/mol. The summed E-state index contributed by atoms with van der Waals surface area (Å²) in [5, 5.41) is 0. The van der Waals surface area contributed by atoms with Crippen molar-refractivity contribution in [1.29, 1.82) is 0 Å². The van der Waals surface area contributed by atoms with Gasteiger partial charge in [0.1, 0.15) is 11.6 Å². The maximum atomic E-state index is 13.6. The van der Waals surface area contributed by atoms with Crippen LogP contribution < -0.4 is 5.73 Å². The highest BCUT2D eigenvalue weighted by Gasteiger charge is 2.41. The highest BCUT2D eigenvalue weighted by atomic mass is 32.2. The third kappa shape index (κ3) is 4.50. The van der Waals surface area contributed by atoms with E-state index in [0.29, 0.717) is 17.7 Å². The zero-order valence-electron chi connectivity index (χ0n) is 17.4. The molecule has 160 valence electrons. The lowest BCUT2D eigenvalue weighted by atomic mass is 9.67. The molecule has 4 rings (SSSR count). The molecule has 0 spiro atoms. The van der Waals surface area contributed by atoms with Gasteiger partial charge >= 0.3 is 0 Å². The molecule has 1 saturated heterocycles. The first-order valence-electron chi connectivity index (χ1n) is 10.2. The van der Waals surface area contributed by atoms with E-state index >= 15 is 0 Å². The number of hydrogen-bond acceptors (Lipinski definition) is 4. The fraction of sp³-hybridized carbons (Fsp3) is 0.240. The Hall–Kier alpha value is -2.70. The van der Waals surface area contributed by atoms with Gasteiger partial charge in [-0.2, -0.15) is 0 Å². The second kappa shape index (κ2) is 8.81. The molecule has 6 heteroatoms. The van der Waals surface area contributed by atoms with E-state index in [4.69, 9.17) is 10.7 Å². The standard InChI is InChI=1S/C25H25F2N3S/c1-3-25-14-18(15-28)24(29-21-6-4-20(26)5-7-21)13-19(25)10-11-30(16-25)31-22-8-9-23(27)17(2)12-22/h3-9,12-13,15H,1,10-11,14,16,28H2,2H3. The van der Waals surface area contributed by atoms with Gasteiger partial charge in [0.15, 0.2) is 0 Å². The summed E-state index contributed by atoms with van der Waals surface area (Å²) in [5.41, 5.74) is 10.1. The van der Waals surface area contributed by atoms with Gasteiger partial charge in [-0.05, 0) is 97.6 Å². The van der Waals surface area contributed by atoms with Gasteiger partial charge in [-0.1, -0.05) is 11.6 Å². The lowest BCUT2D eigenvalue weighted by Gasteiger charge is -2.45. The van der Waals surface area contributed by atoms with Crippen molar-refractivity contribution in [1.82, 2.24) is 4.31 Å². The molecule has 1 aliphatic heterocycles. The number of allylic oxidation sites excluding steroid dienone is 2. The van der Waals surface area contributed by atoms with Gasteiger partial charge < -0.3 is 5.73 Å². The number of nitrogens with two attached hydrogens (primary N) is 1. The molecule has 2 N–H and O–H groups in total. The molecule has 1 unspecified atom stereocenters. The Balaban J connectivity index is 1.60. The molecule has 0 amide bonds. The van der Waals surface area contributed by atoms with Crippen LogP contribution in [0, 0.1) is 24.0 Å². The van der Waals surface area contributed by atoms with Gasteiger partial charge in [0.2, 0.25) is 0 Å². The topological polar surface area (TPSA) is 41.6 Å². The summed E-state index contributed by atoms with van der Waals surface area (Å²) in [4.78, 5) is 5.73. The summed E-state index contributed by atoms with van der Waals surface area (Å²) in [6.07, 6.45) is 7.31. The molecule has 1 fully saturated rings. The van der Waals surface area contributed by atoms with Crippen LogP contribution in [0.15, 0.2) is 88.4 Å². The molecule has 0 bridgehead atoms. The number of aryl methyl sites for hydroxylation is 1. The Morgan fingerprint density at radius 2 is 1.97 bits per heavy atom. The van der Waals surface area contributed by atoms with Crippen molar-refractivity contribution in [3.8, 4) is 0 Å². The fourth-order valence-corrected chi connectivity index (χ4v) is 5.27. The number of rotatable bonds is 4. The van der Waals surface area contributed by atoms with E-state index in [1.807, 2.05) is 18.2 Å². The van der Waals surface area contributed by atoms with Crippen molar-refractivity contribution in [2.45, 2.75) is 24.7 Å². The largest absolute Gasteiger partial charge is 0.404 e. The SMILES string of the molecule is C=CC12CC(=CN)C(=Nc3ccc(F)cc3)C=C1CCN(Sc1ccc(F)c(C)c1)C2. The molecule has 2 aliphatic rings. The van der Waals surface area contributed by atoms with Crippen molar-refractivity contribution < 1.29 is 8.78 Å². The molecule has 3 nitrogen and oxygen atoms in total. The van der Waals surface area contributed by atoms with E-state index in [1.165, 1.54) is 23.8 Å². The van der Waals surface area contributed by atoms with Gasteiger partial charge in [-0.15, -0.1) is 6.58 Å². The Labute approximate surface area is 186 Å². The van der Waals surface area contributed by atoms with Crippen molar-refractivity contribution >= 4 is 23.3 Å². The highest BCUT2D eigenvalue weighted by molar-refractivity contribution is 7.97. The molecule has 1 heterocycles. The third-order valence-corrected chi connectivity index (χ3v) is 6.94. The van der Waals surface area contributed by atoms with E-state index in [1.54, 1.807) is 37.2 Å². The molecule has 31 heavy (non-hydrogen) atoms. The predicted molar refractivity (Wildman–Crippen MR) is 124 cm³/mol. The van der Waals surface area contributed by atoms with E-state index in [2.05, 4.69) is 17.0 Å². The Morgan fingerprint density at radius 3 is 2.65 bits per heavy atom. The summed E-state index contributed by atoms with van der Waals surface area (Å²) in [5.74, 6) is -0.471. The van der Waals surface area contributed by atoms with Gasteiger partial charge in [-0.3, -0.25) is 0 Å². The summed E-state index contributed by atoms with van der Waals surface area (Å²) in [6, 6.07) is 11.3. The number of piperidine rings is 1. The Kier molecular flexibility index (Phi) is 6.12. The van der Waals surface area contributed by atoms with E-state index in [-0.39, 0.29) is 17.0 Å². The molecule has 1 atom stereocenters. The average Bonchev–Trinajstić information content (AvgIpc) is 2.77. The van der Waals surface area contributed by atoms with E-state index in [9.17, 15) is 8.78 Å². The van der Waals surface area contributed by atoms with Crippen LogP contribution in [0.2, 0.25) is 0 Å². The predicted octanol–water partition coefficient (Wildman–Crippen LogP) is 6.10. The van der Waals surface area contributed by atoms with Crippen LogP contribution in [0.4, 0.5) is 14.5 Å². The minimum absolute atomic E-state index is 0.186. The van der Waals surface area contributed by atoms with Crippen LogP contribution in [0.5, 0.6) is 0 Å². The molecule has 2 aromatic rings. The zero-order valence-corrected chi connectivity index (χ0v) is 18.3. The second-order valence-corrected chi connectivity index (χ2v) is 9.16. The van der Waals surface area contributed by atoms with Crippen LogP contribution in [0.1, 0.15) is 18.4 Å². The summed E-state index contributed by atoms with van der Waals surface area (Å²) < 4.78 is 29.2. The minimum atomic E-state index is -0.285. The summed E-state index contributed by atoms with van der Waals surface area (Å²) in [6.45, 7) is 7.57. The fourth-order valence-electron chi connectivity index (χ4n) is 4.13. The average molecular weight is 438 g/mol. The third-order valence-electron chi connectivity index (χ3n) is 5.91. The number of benzene rings is 2. The Bertz CT molecular complexity index is 1090. The quantitative estimate of drug-likeness (QED) is 0.464. The normalized spacial score (nSPS) is 24.2. The van der Waals surface area contributed by atoms with Gasteiger partial charge in [0.05, 0.1) is 11.4 Å². The van der Waals surface area contributed by atoms with E-state index in [0.717, 1.165) is 35.7 Å². The number of hydrogen-bond donors (Lipinski definition) is 1. The first kappa shape index (κ1) is 21.5. The van der Waals surface area contributed by atoms with Gasteiger partial charge in [0, 0.05) is 23.4 Å². The van der Waals surface area contributed by atoms with Crippen molar-refractivity contribution in [2.24, 2.45) is 16.1 Å². The highest BCUT2D eigenvalue weighted by Crippen LogP contribution is 2.47. The molecule has 0 radical (unpaired) electrons. The van der Waals surface area contributed by atoms with Gasteiger partial charge in [-0.25, -0.2) is 18.1 Å². The van der Waals surface area contributed by atoms with Crippen LogP contribution in [0.25, 0.3) is 0 Å². The molecule has 2 aromatic carbocycles. The zero-order chi connectivity index (χ0) is 22.0. The molecular formula is C25H25F2N3S. The van der Waals surface area contributed by atoms with Crippen LogP contribution in [-0.2, 0) is 0 Å². The molecule has 0 aromatic heterocycles. The van der Waals surface area contributed by atoms with Crippen molar-refractivity contribution in [2.75, 3.05) is 13.1 Å². The maximum Gasteiger partial charge on any atom is 0.126 e. The maximum absolute atomic E-state index is 13.6. The first-order chi connectivity index (χ1) is 14.9. The van der Waals surface area contributed by atoms with E-state index < -0.39 is 0 Å². The van der Waals surface area contributed by atoms with Crippen LogP contribution in [0.3, 0.4) is 0 Å². The Morgan fingerprint density at radius 1 is 1.19 bits per heavy atom. The second-order valence-electron chi connectivity index (χ2n) is 7.99. The number of fused-ring (bicyclic) bond motifs is 1. The van der Waals surface area contributed by atoms with Crippen molar-refractivity contribution in [3.05, 3.63) is 95.7 Å². The minimum Gasteiger partial charge on any atom is -0.404 e. The monoisotopic (exact) mass is 437 g/mol. The lowest BCUT2D eigenvalue weighted by molar-refractivity contribution is 0.278. The number of aliphatic imine (C=N–C) groups is 1. The van der Waals surface area contributed by atoms with Crippen LogP contribution >= 0.6 is 11.9 Å². The number of halogens is 2. The summed E-state index contributed by atoms with van der Waals surface area (Å²) in [7, 11) is 0. The molecule has 1 aliphatic carbocycles. The molecule has 0 saturated carbocycles. The number of nitrogens with zero attached hydrogens (tertiary/aromatic N) is 2. The smallest absolute Gasteiger partial charge is 0.126 e.